The smallest absolute Gasteiger partial charge is 0.0617 e. The molecule has 1 atom stereocenters. The molecule has 0 bridgehead atoms. The zero-order valence-corrected chi connectivity index (χ0v) is 11.9. The fraction of sp³-hybridized carbons (Fsp3) is 1.00. The Hall–Kier alpha value is -0.120. The highest BCUT2D eigenvalue weighted by Gasteiger charge is 2.21. The van der Waals surface area contributed by atoms with Crippen molar-refractivity contribution in [1.82, 2.24) is 10.2 Å². The monoisotopic (exact) mass is 242 g/mol. The van der Waals surface area contributed by atoms with Crippen LogP contribution in [0.2, 0.25) is 0 Å². The molecule has 17 heavy (non-hydrogen) atoms. The van der Waals surface area contributed by atoms with Gasteiger partial charge in [0.15, 0.2) is 0 Å². The molecule has 0 aromatic carbocycles. The fourth-order valence-electron chi connectivity index (χ4n) is 2.78. The molecule has 3 nitrogen and oxygen atoms in total. The lowest BCUT2D eigenvalue weighted by molar-refractivity contribution is 0.0721. The number of nitrogens with zero attached hydrogens (tertiary/aromatic N) is 1. The Morgan fingerprint density at radius 1 is 1.29 bits per heavy atom. The topological polar surface area (TPSA) is 24.5 Å². The van der Waals surface area contributed by atoms with E-state index in [1.807, 2.05) is 7.11 Å². The Labute approximate surface area is 107 Å². The highest BCUT2D eigenvalue weighted by Crippen LogP contribution is 2.16. The molecule has 1 rings (SSSR count). The van der Waals surface area contributed by atoms with Crippen molar-refractivity contribution in [3.8, 4) is 0 Å². The van der Waals surface area contributed by atoms with Crippen LogP contribution in [0.15, 0.2) is 0 Å². The molecular weight excluding hydrogens is 212 g/mol. The van der Waals surface area contributed by atoms with Crippen LogP contribution < -0.4 is 5.32 Å². The Bertz CT molecular complexity index is 181. The van der Waals surface area contributed by atoms with Crippen LogP contribution in [0.3, 0.4) is 0 Å². The quantitative estimate of drug-likeness (QED) is 0.705. The first-order chi connectivity index (χ1) is 8.31. The van der Waals surface area contributed by atoms with Crippen molar-refractivity contribution in [3.63, 3.8) is 0 Å². The van der Waals surface area contributed by atoms with Crippen LogP contribution in [0.4, 0.5) is 0 Å². The summed E-state index contributed by atoms with van der Waals surface area (Å²) >= 11 is 0. The average Bonchev–Trinajstić information content (AvgIpc) is 2.37. The Morgan fingerprint density at radius 3 is 2.53 bits per heavy atom. The molecule has 0 saturated carbocycles. The molecule has 0 amide bonds. The van der Waals surface area contributed by atoms with Crippen LogP contribution in [0.5, 0.6) is 0 Å². The number of hydrogen-bond donors (Lipinski definition) is 1. The number of hydrogen-bond acceptors (Lipinski definition) is 3. The summed E-state index contributed by atoms with van der Waals surface area (Å²) in [6.07, 6.45) is 5.11. The van der Waals surface area contributed by atoms with Gasteiger partial charge in [-0.1, -0.05) is 13.8 Å². The molecule has 1 unspecified atom stereocenters. The van der Waals surface area contributed by atoms with Crippen molar-refractivity contribution < 1.29 is 4.74 Å². The molecule has 1 N–H and O–H groups in total. The summed E-state index contributed by atoms with van der Waals surface area (Å²) in [6, 6.07) is 0.606. The standard InChI is InChI=1S/C14H30N2O/c1-4-10-16(14(5-2)12-17-3)11-13-6-8-15-9-7-13/h13-15H,4-12H2,1-3H3. The molecule has 3 heteroatoms. The number of piperidine rings is 1. The van der Waals surface area contributed by atoms with E-state index in [4.69, 9.17) is 4.74 Å². The van der Waals surface area contributed by atoms with Gasteiger partial charge in [-0.15, -0.1) is 0 Å². The van der Waals surface area contributed by atoms with E-state index >= 15 is 0 Å². The van der Waals surface area contributed by atoms with E-state index in [9.17, 15) is 0 Å². The molecule has 1 saturated heterocycles. The summed E-state index contributed by atoms with van der Waals surface area (Å²) < 4.78 is 5.36. The molecule has 1 aliphatic rings. The van der Waals surface area contributed by atoms with Crippen LogP contribution in [0.25, 0.3) is 0 Å². The largest absolute Gasteiger partial charge is 0.383 e. The van der Waals surface area contributed by atoms with Gasteiger partial charge in [-0.2, -0.15) is 0 Å². The normalized spacial score (nSPS) is 19.8. The molecule has 0 radical (unpaired) electrons. The zero-order valence-electron chi connectivity index (χ0n) is 11.9. The second-order valence-corrected chi connectivity index (χ2v) is 5.21. The van der Waals surface area contributed by atoms with E-state index < -0.39 is 0 Å². The van der Waals surface area contributed by atoms with Crippen molar-refractivity contribution in [3.05, 3.63) is 0 Å². The van der Waals surface area contributed by atoms with Gasteiger partial charge < -0.3 is 10.1 Å². The van der Waals surface area contributed by atoms with E-state index in [0.29, 0.717) is 6.04 Å². The van der Waals surface area contributed by atoms with Gasteiger partial charge in [0.1, 0.15) is 0 Å². The Balaban J connectivity index is 2.44. The minimum atomic E-state index is 0.606. The number of methoxy groups -OCH3 is 1. The maximum atomic E-state index is 5.36. The first kappa shape index (κ1) is 14.9. The molecule has 0 aliphatic carbocycles. The van der Waals surface area contributed by atoms with Crippen LogP contribution >= 0.6 is 0 Å². The van der Waals surface area contributed by atoms with Gasteiger partial charge in [0.2, 0.25) is 0 Å². The lowest BCUT2D eigenvalue weighted by atomic mass is 9.96. The van der Waals surface area contributed by atoms with E-state index in [0.717, 1.165) is 12.5 Å². The second kappa shape index (κ2) is 8.90. The Morgan fingerprint density at radius 2 is 2.00 bits per heavy atom. The number of rotatable bonds is 8. The minimum absolute atomic E-state index is 0.606. The lowest BCUT2D eigenvalue weighted by Crippen LogP contribution is -2.43. The highest BCUT2D eigenvalue weighted by molar-refractivity contribution is 4.76. The van der Waals surface area contributed by atoms with Gasteiger partial charge in [0, 0.05) is 19.7 Å². The van der Waals surface area contributed by atoms with Gasteiger partial charge in [-0.05, 0) is 51.2 Å². The van der Waals surface area contributed by atoms with Crippen LogP contribution in [-0.2, 0) is 4.74 Å². The first-order valence-electron chi connectivity index (χ1n) is 7.25. The maximum absolute atomic E-state index is 5.36. The molecule has 102 valence electrons. The van der Waals surface area contributed by atoms with Crippen molar-refractivity contribution in [2.45, 2.75) is 45.6 Å². The van der Waals surface area contributed by atoms with Crippen LogP contribution in [0, 0.1) is 5.92 Å². The van der Waals surface area contributed by atoms with Crippen molar-refractivity contribution in [1.29, 1.82) is 0 Å². The third-order valence-corrected chi connectivity index (χ3v) is 3.81. The van der Waals surface area contributed by atoms with E-state index in [1.165, 1.54) is 51.9 Å². The zero-order chi connectivity index (χ0) is 12.5. The predicted octanol–water partition coefficient (Wildman–Crippen LogP) is 2.12. The fourth-order valence-corrected chi connectivity index (χ4v) is 2.78. The molecule has 1 fully saturated rings. The van der Waals surface area contributed by atoms with Crippen LogP contribution in [0.1, 0.15) is 39.5 Å². The van der Waals surface area contributed by atoms with Gasteiger partial charge in [-0.25, -0.2) is 0 Å². The molecule has 1 heterocycles. The predicted molar refractivity (Wildman–Crippen MR) is 73.4 cm³/mol. The van der Waals surface area contributed by atoms with Crippen molar-refractivity contribution in [2.24, 2.45) is 5.92 Å². The van der Waals surface area contributed by atoms with Crippen molar-refractivity contribution in [2.75, 3.05) is 39.9 Å². The van der Waals surface area contributed by atoms with E-state index in [-0.39, 0.29) is 0 Å². The van der Waals surface area contributed by atoms with Gasteiger partial charge in [-0.3, -0.25) is 4.90 Å². The molecule has 0 aromatic heterocycles. The summed E-state index contributed by atoms with van der Waals surface area (Å²) in [5.74, 6) is 0.883. The molecule has 1 aliphatic heterocycles. The summed E-state index contributed by atoms with van der Waals surface area (Å²) in [6.45, 7) is 10.3. The lowest BCUT2D eigenvalue weighted by Gasteiger charge is -2.35. The van der Waals surface area contributed by atoms with E-state index in [1.54, 1.807) is 0 Å². The number of nitrogens with one attached hydrogen (secondary N) is 1. The third-order valence-electron chi connectivity index (χ3n) is 3.81. The van der Waals surface area contributed by atoms with E-state index in [2.05, 4.69) is 24.1 Å². The summed E-state index contributed by atoms with van der Waals surface area (Å²) in [7, 11) is 1.82. The molecule has 0 spiro atoms. The van der Waals surface area contributed by atoms with Gasteiger partial charge in [0.05, 0.1) is 6.61 Å². The van der Waals surface area contributed by atoms with Gasteiger partial charge >= 0.3 is 0 Å². The average molecular weight is 242 g/mol. The second-order valence-electron chi connectivity index (χ2n) is 5.21. The van der Waals surface area contributed by atoms with Gasteiger partial charge in [0.25, 0.3) is 0 Å². The Kier molecular flexibility index (Phi) is 7.82. The summed E-state index contributed by atoms with van der Waals surface area (Å²) in [5, 5.41) is 3.45. The number of ether oxygens (including phenoxy) is 1. The van der Waals surface area contributed by atoms with Crippen LogP contribution in [-0.4, -0.2) is 50.8 Å². The van der Waals surface area contributed by atoms with Crippen molar-refractivity contribution >= 4 is 0 Å². The first-order valence-corrected chi connectivity index (χ1v) is 7.25. The molecular formula is C14H30N2O. The summed E-state index contributed by atoms with van der Waals surface area (Å²) in [5.41, 5.74) is 0. The summed E-state index contributed by atoms with van der Waals surface area (Å²) in [4.78, 5) is 2.65. The third kappa shape index (κ3) is 5.36. The molecule has 0 aromatic rings. The maximum Gasteiger partial charge on any atom is 0.0617 e. The minimum Gasteiger partial charge on any atom is -0.383 e. The highest BCUT2D eigenvalue weighted by atomic mass is 16.5. The SMILES string of the molecule is CCCN(CC1CCNCC1)C(CC)COC.